The van der Waals surface area contributed by atoms with Gasteiger partial charge in [-0.15, -0.1) is 0 Å². The minimum atomic E-state index is -3.63. The Morgan fingerprint density at radius 3 is 2.47 bits per heavy atom. The van der Waals surface area contributed by atoms with Gasteiger partial charge in [0.05, 0.1) is 11.9 Å². The highest BCUT2D eigenvalue weighted by atomic mass is 35.5. The van der Waals surface area contributed by atoms with Gasteiger partial charge >= 0.3 is 0 Å². The Morgan fingerprint density at radius 2 is 1.83 bits per heavy atom. The average molecular weight is 558 g/mol. The Kier molecular flexibility index (Phi) is 9.32. The molecule has 12 heteroatoms. The molecule has 1 atom stereocenters. The number of sulfonamides is 1. The van der Waals surface area contributed by atoms with Gasteiger partial charge in [0.25, 0.3) is 0 Å². The lowest BCUT2D eigenvalue weighted by Gasteiger charge is -2.31. The lowest BCUT2D eigenvalue weighted by Crippen LogP contribution is -2.48. The van der Waals surface area contributed by atoms with Crippen LogP contribution >= 0.6 is 23.2 Å². The minimum Gasteiger partial charge on any atom is -0.454 e. The highest BCUT2D eigenvalue weighted by Crippen LogP contribution is 2.36. The number of nitrogens with zero attached hydrogens (tertiary/aromatic N) is 2. The van der Waals surface area contributed by atoms with Crippen LogP contribution in [0.5, 0.6) is 11.5 Å². The van der Waals surface area contributed by atoms with E-state index in [0.29, 0.717) is 39.2 Å². The number of hydrogen-bond acceptors (Lipinski definition) is 6. The number of nitrogens with one attached hydrogen (secondary N) is 1. The third kappa shape index (κ3) is 6.74. The van der Waals surface area contributed by atoms with Crippen LogP contribution in [0.3, 0.4) is 0 Å². The standard InChI is InChI=1S/C24H29Cl2N3O6S/c1-4-20(24(31)27-2)28(14-16-7-8-17(25)12-19(16)26)23(30)6-5-11-29(36(3,32)33)18-9-10-21-22(13-18)35-15-34-21/h7-10,12-13,20H,4-6,11,14-15H2,1-3H3,(H,27,31). The maximum atomic E-state index is 13.3. The van der Waals surface area contributed by atoms with Gasteiger partial charge in [-0.1, -0.05) is 36.2 Å². The normalized spacial score (nSPS) is 13.2. The maximum Gasteiger partial charge on any atom is 0.242 e. The first kappa shape index (κ1) is 27.9. The summed E-state index contributed by atoms with van der Waals surface area (Å²) in [5.41, 5.74) is 1.06. The van der Waals surface area contributed by atoms with E-state index in [4.69, 9.17) is 32.7 Å². The van der Waals surface area contributed by atoms with E-state index >= 15 is 0 Å². The second kappa shape index (κ2) is 12.0. The summed E-state index contributed by atoms with van der Waals surface area (Å²) in [7, 11) is -2.12. The summed E-state index contributed by atoms with van der Waals surface area (Å²) >= 11 is 12.3. The maximum absolute atomic E-state index is 13.3. The van der Waals surface area contributed by atoms with Crippen LogP contribution in [0.4, 0.5) is 5.69 Å². The van der Waals surface area contributed by atoms with Gasteiger partial charge < -0.3 is 19.7 Å². The van der Waals surface area contributed by atoms with E-state index in [0.717, 1.165) is 6.26 Å². The first-order chi connectivity index (χ1) is 17.0. The molecular weight excluding hydrogens is 529 g/mol. The fraction of sp³-hybridized carbons (Fsp3) is 0.417. The molecule has 3 rings (SSSR count). The number of hydrogen-bond donors (Lipinski definition) is 1. The number of halogens is 2. The summed E-state index contributed by atoms with van der Waals surface area (Å²) in [6, 6.07) is 9.12. The molecule has 9 nitrogen and oxygen atoms in total. The van der Waals surface area contributed by atoms with Crippen LogP contribution < -0.4 is 19.1 Å². The van der Waals surface area contributed by atoms with Crippen molar-refractivity contribution in [2.75, 3.05) is 30.9 Å². The number of ether oxygens (including phenoxy) is 2. The molecule has 0 spiro atoms. The SMILES string of the molecule is CCC(C(=O)NC)N(Cc1ccc(Cl)cc1Cl)C(=O)CCCN(c1ccc2c(c1)OCO2)S(C)(=O)=O. The Hall–Kier alpha value is -2.69. The molecule has 0 saturated carbocycles. The van der Waals surface area contributed by atoms with Gasteiger partial charge in [-0.05, 0) is 42.7 Å². The Bertz CT molecular complexity index is 1220. The van der Waals surface area contributed by atoms with Gasteiger partial charge in [0.1, 0.15) is 6.04 Å². The molecule has 0 aliphatic carbocycles. The number of rotatable bonds is 11. The second-order valence-corrected chi connectivity index (χ2v) is 11.0. The van der Waals surface area contributed by atoms with E-state index in [9.17, 15) is 18.0 Å². The topological polar surface area (TPSA) is 105 Å². The van der Waals surface area contributed by atoms with Crippen LogP contribution in [0.1, 0.15) is 31.7 Å². The van der Waals surface area contributed by atoms with Crippen LogP contribution in [0.15, 0.2) is 36.4 Å². The van der Waals surface area contributed by atoms with E-state index in [1.165, 1.54) is 16.3 Å². The monoisotopic (exact) mass is 557 g/mol. The van der Waals surface area contributed by atoms with Crippen molar-refractivity contribution in [3.05, 3.63) is 52.0 Å². The molecule has 2 amide bonds. The fourth-order valence-electron chi connectivity index (χ4n) is 3.96. The summed E-state index contributed by atoms with van der Waals surface area (Å²) in [6.07, 6.45) is 1.75. The average Bonchev–Trinajstić information content (AvgIpc) is 3.29. The van der Waals surface area contributed by atoms with Gasteiger partial charge in [-0.2, -0.15) is 0 Å². The summed E-state index contributed by atoms with van der Waals surface area (Å²) < 4.78 is 36.9. The van der Waals surface area contributed by atoms with Gasteiger partial charge in [0, 0.05) is 42.7 Å². The van der Waals surface area contributed by atoms with Crippen molar-refractivity contribution >= 4 is 50.7 Å². The van der Waals surface area contributed by atoms with Crippen molar-refractivity contribution in [1.29, 1.82) is 0 Å². The first-order valence-corrected chi connectivity index (χ1v) is 14.0. The molecule has 2 aromatic rings. The van der Waals surface area contributed by atoms with Crippen LogP contribution in [0.25, 0.3) is 0 Å². The summed E-state index contributed by atoms with van der Waals surface area (Å²) in [4.78, 5) is 27.4. The Morgan fingerprint density at radius 1 is 1.11 bits per heavy atom. The van der Waals surface area contributed by atoms with E-state index in [1.54, 1.807) is 36.4 Å². The zero-order valence-corrected chi connectivity index (χ0v) is 22.6. The number of likely N-dealkylation sites (N-methyl/N-ethyl adjacent to an activating group) is 1. The van der Waals surface area contributed by atoms with Gasteiger partial charge in [0.2, 0.25) is 28.6 Å². The molecule has 1 N–H and O–H groups in total. The molecule has 0 radical (unpaired) electrons. The third-order valence-corrected chi connectivity index (χ3v) is 7.57. The van der Waals surface area contributed by atoms with Crippen molar-refractivity contribution in [2.45, 2.75) is 38.8 Å². The quantitative estimate of drug-likeness (QED) is 0.450. The number of fused-ring (bicyclic) bond motifs is 1. The highest BCUT2D eigenvalue weighted by molar-refractivity contribution is 7.92. The molecule has 0 fully saturated rings. The molecule has 1 aliphatic heterocycles. The second-order valence-electron chi connectivity index (χ2n) is 8.27. The molecule has 2 aromatic carbocycles. The number of anilines is 1. The molecule has 1 unspecified atom stereocenters. The Balaban J connectivity index is 1.77. The molecule has 0 bridgehead atoms. The number of carbonyl (C=O) groups excluding carboxylic acids is 2. The van der Waals surface area contributed by atoms with Gasteiger partial charge in [-0.3, -0.25) is 13.9 Å². The lowest BCUT2D eigenvalue weighted by molar-refractivity contribution is -0.141. The van der Waals surface area contributed by atoms with Crippen molar-refractivity contribution in [2.24, 2.45) is 0 Å². The first-order valence-electron chi connectivity index (χ1n) is 11.4. The van der Waals surface area contributed by atoms with Crippen molar-refractivity contribution in [1.82, 2.24) is 10.2 Å². The van der Waals surface area contributed by atoms with E-state index in [1.807, 2.05) is 6.92 Å². The van der Waals surface area contributed by atoms with E-state index in [2.05, 4.69) is 5.32 Å². The van der Waals surface area contributed by atoms with Crippen LogP contribution in [0, 0.1) is 0 Å². The van der Waals surface area contributed by atoms with Crippen LogP contribution in [0.2, 0.25) is 10.0 Å². The lowest BCUT2D eigenvalue weighted by atomic mass is 10.1. The van der Waals surface area contributed by atoms with Gasteiger partial charge in [0.15, 0.2) is 11.5 Å². The van der Waals surface area contributed by atoms with Crippen molar-refractivity contribution in [3.63, 3.8) is 0 Å². The fourth-order valence-corrected chi connectivity index (χ4v) is 5.39. The number of amides is 2. The molecule has 36 heavy (non-hydrogen) atoms. The van der Waals surface area contributed by atoms with Crippen molar-refractivity contribution in [3.8, 4) is 11.5 Å². The van der Waals surface area contributed by atoms with E-state index < -0.39 is 16.1 Å². The van der Waals surface area contributed by atoms with Crippen molar-refractivity contribution < 1.29 is 27.5 Å². The zero-order valence-electron chi connectivity index (χ0n) is 20.3. The van der Waals surface area contributed by atoms with Gasteiger partial charge in [-0.25, -0.2) is 8.42 Å². The Labute approximate surface area is 221 Å². The number of carbonyl (C=O) groups is 2. The largest absolute Gasteiger partial charge is 0.454 e. The molecule has 0 saturated heterocycles. The molecular formula is C24H29Cl2N3O6S. The summed E-state index contributed by atoms with van der Waals surface area (Å²) in [5, 5.41) is 3.45. The van der Waals surface area contributed by atoms with Crippen LogP contribution in [-0.4, -0.2) is 57.8 Å². The molecule has 0 aromatic heterocycles. The van der Waals surface area contributed by atoms with Crippen LogP contribution in [-0.2, 0) is 26.2 Å². The predicted octanol–water partition coefficient (Wildman–Crippen LogP) is 3.82. The molecule has 196 valence electrons. The molecule has 1 aliphatic rings. The zero-order chi connectivity index (χ0) is 26.5. The predicted molar refractivity (Wildman–Crippen MR) is 139 cm³/mol. The summed E-state index contributed by atoms with van der Waals surface area (Å²) in [5.74, 6) is 0.406. The third-order valence-electron chi connectivity index (χ3n) is 5.78. The number of benzene rings is 2. The molecule has 1 heterocycles. The van der Waals surface area contributed by atoms with E-state index in [-0.39, 0.29) is 44.5 Å². The smallest absolute Gasteiger partial charge is 0.242 e. The minimum absolute atomic E-state index is 0.0231. The summed E-state index contributed by atoms with van der Waals surface area (Å²) in [6.45, 7) is 2.06. The highest BCUT2D eigenvalue weighted by Gasteiger charge is 2.29.